The Morgan fingerprint density at radius 3 is 2.62 bits per heavy atom. The van der Waals surface area contributed by atoms with Crippen molar-refractivity contribution >= 4 is 35.1 Å². The Hall–Kier alpha value is 0.430. The van der Waals surface area contributed by atoms with Crippen LogP contribution in [0.25, 0.3) is 0 Å². The lowest BCUT2D eigenvalue weighted by molar-refractivity contribution is 0.274. The van der Waals surface area contributed by atoms with Crippen molar-refractivity contribution in [2.45, 2.75) is 51.7 Å². The van der Waals surface area contributed by atoms with Crippen LogP contribution in [0.3, 0.4) is 0 Å². The number of aliphatic imine (C=N–C) groups is 1. The van der Waals surface area contributed by atoms with Crippen molar-refractivity contribution < 1.29 is 4.52 Å². The fourth-order valence-electron chi connectivity index (χ4n) is 1.67. The van der Waals surface area contributed by atoms with Crippen LogP contribution in [0.1, 0.15) is 39.5 Å². The van der Waals surface area contributed by atoms with E-state index >= 15 is 0 Å². The monoisotopic (exact) mass is 280 g/mol. The molecule has 6 heteroatoms. The Morgan fingerprint density at radius 2 is 2.12 bits per heavy atom. The van der Waals surface area contributed by atoms with Gasteiger partial charge in [-0.15, -0.1) is 0 Å². The van der Waals surface area contributed by atoms with E-state index in [1.54, 1.807) is 17.7 Å². The fourth-order valence-corrected chi connectivity index (χ4v) is 4.57. The molecule has 0 spiro atoms. The lowest BCUT2D eigenvalue weighted by Gasteiger charge is -2.21. The zero-order valence-corrected chi connectivity index (χ0v) is 12.7. The van der Waals surface area contributed by atoms with Gasteiger partial charge in [-0.05, 0) is 44.8 Å². The van der Waals surface area contributed by atoms with Crippen LogP contribution in [0.15, 0.2) is 4.99 Å². The molecule has 1 aliphatic rings. The molecule has 0 aliphatic heterocycles. The standard InChI is InChI=1S/C10H21N2OPS2/c1-9(2)13-14(15,16-3)12-8-11-10-6-4-5-7-10/h8-10H,4-7H2,1-3H3,(H,11,12,15). The van der Waals surface area contributed by atoms with Crippen molar-refractivity contribution in [1.82, 2.24) is 5.09 Å². The molecule has 16 heavy (non-hydrogen) atoms. The molecule has 1 fully saturated rings. The van der Waals surface area contributed by atoms with Crippen LogP contribution >= 0.6 is 17.0 Å². The van der Waals surface area contributed by atoms with Gasteiger partial charge in [0.05, 0.1) is 18.5 Å². The van der Waals surface area contributed by atoms with E-state index < -0.39 is 5.62 Å². The SMILES string of the molecule is CSP(=S)(NC=NC1CCCC1)OC(C)C. The van der Waals surface area contributed by atoms with Gasteiger partial charge < -0.3 is 9.61 Å². The molecule has 1 saturated carbocycles. The molecule has 1 N–H and O–H groups in total. The molecule has 1 aliphatic carbocycles. The Labute approximate surface area is 108 Å². The Balaban J connectivity index is 2.40. The summed E-state index contributed by atoms with van der Waals surface area (Å²) in [6.45, 7) is 4.01. The number of hydrogen-bond acceptors (Lipinski definition) is 4. The van der Waals surface area contributed by atoms with Gasteiger partial charge in [0.1, 0.15) is 0 Å². The molecule has 0 saturated heterocycles. The van der Waals surface area contributed by atoms with Gasteiger partial charge in [-0.2, -0.15) is 0 Å². The van der Waals surface area contributed by atoms with E-state index in [9.17, 15) is 0 Å². The lowest BCUT2D eigenvalue weighted by Crippen LogP contribution is -2.12. The summed E-state index contributed by atoms with van der Waals surface area (Å²) in [4.78, 5) is 4.50. The third-order valence-electron chi connectivity index (χ3n) is 2.42. The highest BCUT2D eigenvalue weighted by Crippen LogP contribution is 2.55. The minimum absolute atomic E-state index is 0.158. The second kappa shape index (κ2) is 7.00. The molecule has 3 nitrogen and oxygen atoms in total. The fraction of sp³-hybridized carbons (Fsp3) is 0.900. The molecule has 0 aromatic rings. The van der Waals surface area contributed by atoms with Crippen LogP contribution in [-0.2, 0) is 16.3 Å². The highest BCUT2D eigenvalue weighted by Gasteiger charge is 2.17. The summed E-state index contributed by atoms with van der Waals surface area (Å²) in [5.41, 5.74) is -1.96. The van der Waals surface area contributed by atoms with Crippen molar-refractivity contribution in [1.29, 1.82) is 0 Å². The van der Waals surface area contributed by atoms with Gasteiger partial charge in [-0.3, -0.25) is 4.99 Å². The average molecular weight is 280 g/mol. The predicted molar refractivity (Wildman–Crippen MR) is 77.9 cm³/mol. The first-order valence-electron chi connectivity index (χ1n) is 5.69. The van der Waals surface area contributed by atoms with E-state index in [2.05, 4.69) is 10.1 Å². The smallest absolute Gasteiger partial charge is 0.211 e. The second-order valence-electron chi connectivity index (χ2n) is 4.18. The molecule has 1 unspecified atom stereocenters. The van der Waals surface area contributed by atoms with E-state index in [0.29, 0.717) is 6.04 Å². The molecule has 1 atom stereocenters. The third kappa shape index (κ3) is 5.17. The zero-order chi connectivity index (χ0) is 12.0. The molecule has 0 aromatic carbocycles. The van der Waals surface area contributed by atoms with Crippen molar-refractivity contribution in [3.8, 4) is 0 Å². The van der Waals surface area contributed by atoms with Crippen LogP contribution in [0, 0.1) is 0 Å². The van der Waals surface area contributed by atoms with Crippen molar-refractivity contribution in [3.63, 3.8) is 0 Å². The van der Waals surface area contributed by atoms with E-state index in [-0.39, 0.29) is 6.10 Å². The highest BCUT2D eigenvalue weighted by atomic mass is 32.9. The van der Waals surface area contributed by atoms with Gasteiger partial charge >= 0.3 is 0 Å². The summed E-state index contributed by atoms with van der Waals surface area (Å²) in [6, 6.07) is 0.497. The quantitative estimate of drug-likeness (QED) is 0.458. The van der Waals surface area contributed by atoms with Crippen LogP contribution in [0.2, 0.25) is 0 Å². The molecule has 0 amide bonds. The largest absolute Gasteiger partial charge is 0.324 e. The maximum absolute atomic E-state index is 5.74. The normalized spacial score (nSPS) is 21.8. The first-order chi connectivity index (χ1) is 7.56. The summed E-state index contributed by atoms with van der Waals surface area (Å²) in [7, 11) is 0. The Kier molecular flexibility index (Phi) is 6.34. The van der Waals surface area contributed by atoms with Gasteiger partial charge in [-0.25, -0.2) is 0 Å². The van der Waals surface area contributed by atoms with Crippen LogP contribution in [-0.4, -0.2) is 24.7 Å². The number of hydrogen-bond donors (Lipinski definition) is 1. The minimum Gasteiger partial charge on any atom is -0.324 e. The van der Waals surface area contributed by atoms with Gasteiger partial charge in [-0.1, -0.05) is 24.2 Å². The molecule has 0 radical (unpaired) electrons. The number of nitrogens with zero attached hydrogens (tertiary/aromatic N) is 1. The third-order valence-corrected chi connectivity index (χ3v) is 7.96. The Morgan fingerprint density at radius 1 is 1.50 bits per heavy atom. The summed E-state index contributed by atoms with van der Waals surface area (Å²) in [5, 5.41) is 3.18. The summed E-state index contributed by atoms with van der Waals surface area (Å²) in [5.74, 6) is 0. The topological polar surface area (TPSA) is 33.6 Å². The van der Waals surface area contributed by atoms with Crippen LogP contribution < -0.4 is 5.09 Å². The van der Waals surface area contributed by atoms with Crippen LogP contribution in [0.4, 0.5) is 0 Å². The van der Waals surface area contributed by atoms with Gasteiger partial charge in [0.15, 0.2) is 0 Å². The molecule has 1 rings (SSSR count). The second-order valence-corrected chi connectivity index (χ2v) is 10.9. The van der Waals surface area contributed by atoms with Gasteiger partial charge in [0.2, 0.25) is 5.62 Å². The van der Waals surface area contributed by atoms with Gasteiger partial charge in [0.25, 0.3) is 0 Å². The minimum atomic E-state index is -1.96. The molecule has 0 heterocycles. The number of nitrogens with one attached hydrogen (secondary N) is 1. The molecule has 0 aromatic heterocycles. The average Bonchev–Trinajstić information content (AvgIpc) is 2.69. The van der Waals surface area contributed by atoms with Crippen molar-refractivity contribution in [2.24, 2.45) is 4.99 Å². The van der Waals surface area contributed by atoms with E-state index in [1.807, 2.05) is 20.1 Å². The summed E-state index contributed by atoms with van der Waals surface area (Å²) >= 11 is 7.05. The van der Waals surface area contributed by atoms with Gasteiger partial charge in [0, 0.05) is 0 Å². The molecule has 0 bridgehead atoms. The van der Waals surface area contributed by atoms with E-state index in [1.165, 1.54) is 25.7 Å². The predicted octanol–water partition coefficient (Wildman–Crippen LogP) is 3.56. The zero-order valence-electron chi connectivity index (χ0n) is 10.2. The summed E-state index contributed by atoms with van der Waals surface area (Å²) < 4.78 is 5.74. The molecular weight excluding hydrogens is 259 g/mol. The molecule has 94 valence electrons. The van der Waals surface area contributed by atoms with E-state index in [0.717, 1.165) is 0 Å². The van der Waals surface area contributed by atoms with Crippen molar-refractivity contribution in [3.05, 3.63) is 0 Å². The van der Waals surface area contributed by atoms with Crippen molar-refractivity contribution in [2.75, 3.05) is 6.26 Å². The summed E-state index contributed by atoms with van der Waals surface area (Å²) in [6.07, 6.45) is 8.96. The highest BCUT2D eigenvalue weighted by molar-refractivity contribution is 8.68. The lowest BCUT2D eigenvalue weighted by atomic mass is 10.3. The van der Waals surface area contributed by atoms with Crippen LogP contribution in [0.5, 0.6) is 0 Å². The maximum atomic E-state index is 5.74. The molecular formula is C10H21N2OPS2. The van der Waals surface area contributed by atoms with E-state index in [4.69, 9.17) is 16.3 Å². The first-order valence-corrected chi connectivity index (χ1v) is 10.2. The Bertz CT molecular complexity index is 278. The maximum Gasteiger partial charge on any atom is 0.211 e. The number of rotatable bonds is 6. The first kappa shape index (κ1) is 14.5.